The summed E-state index contributed by atoms with van der Waals surface area (Å²) >= 11 is 0. The maximum Gasteiger partial charge on any atom is 0.192 e. The Balaban J connectivity index is 1.72. The number of aryl methyl sites for hydroxylation is 3. The molecule has 27 heavy (non-hydrogen) atoms. The van der Waals surface area contributed by atoms with Crippen molar-refractivity contribution in [3.8, 4) is 0 Å². The van der Waals surface area contributed by atoms with Gasteiger partial charge in [-0.2, -0.15) is 5.10 Å². The van der Waals surface area contributed by atoms with Crippen molar-refractivity contribution in [3.05, 3.63) is 28.6 Å². The Bertz CT molecular complexity index is 795. The van der Waals surface area contributed by atoms with E-state index >= 15 is 0 Å². The lowest BCUT2D eigenvalue weighted by molar-refractivity contribution is 0.409. The third-order valence-electron chi connectivity index (χ3n) is 5.60. The van der Waals surface area contributed by atoms with Crippen LogP contribution in [0.5, 0.6) is 0 Å². The smallest absolute Gasteiger partial charge is 0.192 e. The number of nitrogens with one attached hydrogen (secondary N) is 2. The van der Waals surface area contributed by atoms with Gasteiger partial charge < -0.3 is 15.2 Å². The molecule has 8 nitrogen and oxygen atoms in total. The predicted molar refractivity (Wildman–Crippen MR) is 106 cm³/mol. The monoisotopic (exact) mass is 372 g/mol. The molecule has 2 aromatic heterocycles. The molecule has 0 amide bonds. The molecule has 1 aliphatic carbocycles. The molecule has 2 heterocycles. The first-order valence-electron chi connectivity index (χ1n) is 9.84. The average molecular weight is 373 g/mol. The number of aliphatic imine (C=N–C) groups is 1. The molecule has 0 saturated heterocycles. The van der Waals surface area contributed by atoms with Crippen LogP contribution in [0, 0.1) is 20.8 Å². The van der Waals surface area contributed by atoms with Gasteiger partial charge in [-0.25, -0.2) is 4.99 Å². The van der Waals surface area contributed by atoms with Crippen molar-refractivity contribution in [1.82, 2.24) is 35.2 Å². The van der Waals surface area contributed by atoms with Gasteiger partial charge in [0, 0.05) is 31.4 Å². The molecule has 148 valence electrons. The first kappa shape index (κ1) is 19.4. The minimum absolute atomic E-state index is 0.488. The highest BCUT2D eigenvalue weighted by molar-refractivity contribution is 5.80. The van der Waals surface area contributed by atoms with Gasteiger partial charge in [0.25, 0.3) is 0 Å². The number of guanidine groups is 1. The number of hydrogen-bond acceptors (Lipinski definition) is 4. The summed E-state index contributed by atoms with van der Waals surface area (Å²) < 4.78 is 3.92. The van der Waals surface area contributed by atoms with Crippen molar-refractivity contribution >= 4 is 5.96 Å². The second-order valence-corrected chi connectivity index (χ2v) is 7.49. The van der Waals surface area contributed by atoms with Crippen molar-refractivity contribution in [3.63, 3.8) is 0 Å². The Morgan fingerprint density at radius 3 is 2.44 bits per heavy atom. The van der Waals surface area contributed by atoms with Crippen LogP contribution in [0.1, 0.15) is 60.7 Å². The molecule has 1 saturated carbocycles. The minimum Gasteiger partial charge on any atom is -0.354 e. The van der Waals surface area contributed by atoms with Crippen LogP contribution in [0.15, 0.2) is 4.99 Å². The van der Waals surface area contributed by atoms with Crippen molar-refractivity contribution < 1.29 is 0 Å². The molecule has 0 spiro atoms. The van der Waals surface area contributed by atoms with Crippen molar-refractivity contribution in [2.75, 3.05) is 0 Å². The van der Waals surface area contributed by atoms with E-state index in [0.717, 1.165) is 29.0 Å². The Morgan fingerprint density at radius 2 is 1.85 bits per heavy atom. The third kappa shape index (κ3) is 4.67. The Hall–Kier alpha value is -2.38. The SMILES string of the molecule is Cc1nn(C)c(C)c1CN=C(NCc1nnc(C)n1C)NC1CCCCC1. The summed E-state index contributed by atoms with van der Waals surface area (Å²) in [7, 11) is 3.96. The summed E-state index contributed by atoms with van der Waals surface area (Å²) in [6.07, 6.45) is 6.32. The largest absolute Gasteiger partial charge is 0.354 e. The van der Waals surface area contributed by atoms with E-state index in [0.29, 0.717) is 19.1 Å². The van der Waals surface area contributed by atoms with E-state index in [1.165, 1.54) is 37.7 Å². The van der Waals surface area contributed by atoms with Crippen LogP contribution in [0.4, 0.5) is 0 Å². The topological polar surface area (TPSA) is 85.0 Å². The van der Waals surface area contributed by atoms with Gasteiger partial charge in [-0.3, -0.25) is 4.68 Å². The maximum absolute atomic E-state index is 4.86. The minimum atomic E-state index is 0.488. The summed E-state index contributed by atoms with van der Waals surface area (Å²) in [5.74, 6) is 2.65. The van der Waals surface area contributed by atoms with Crippen LogP contribution in [0.2, 0.25) is 0 Å². The summed E-state index contributed by atoms with van der Waals surface area (Å²) in [5, 5.41) is 19.9. The zero-order valence-corrected chi connectivity index (χ0v) is 17.2. The second kappa shape index (κ2) is 8.54. The fraction of sp³-hybridized carbons (Fsp3) is 0.684. The summed E-state index contributed by atoms with van der Waals surface area (Å²) in [6.45, 7) is 7.31. The van der Waals surface area contributed by atoms with Gasteiger partial charge in [0.15, 0.2) is 11.8 Å². The molecule has 0 aliphatic heterocycles. The Kier molecular flexibility index (Phi) is 6.13. The van der Waals surface area contributed by atoms with E-state index in [2.05, 4.69) is 32.9 Å². The van der Waals surface area contributed by atoms with Crippen LogP contribution in [-0.2, 0) is 27.2 Å². The van der Waals surface area contributed by atoms with Gasteiger partial charge in [0.1, 0.15) is 5.82 Å². The molecule has 2 N–H and O–H groups in total. The van der Waals surface area contributed by atoms with E-state index in [4.69, 9.17) is 4.99 Å². The van der Waals surface area contributed by atoms with Gasteiger partial charge in [-0.1, -0.05) is 19.3 Å². The lowest BCUT2D eigenvalue weighted by Gasteiger charge is -2.25. The molecule has 0 aromatic carbocycles. The lowest BCUT2D eigenvalue weighted by atomic mass is 9.96. The molecule has 0 unspecified atom stereocenters. The fourth-order valence-electron chi connectivity index (χ4n) is 3.56. The van der Waals surface area contributed by atoms with Gasteiger partial charge >= 0.3 is 0 Å². The molecule has 3 rings (SSSR count). The van der Waals surface area contributed by atoms with Crippen LogP contribution in [0.25, 0.3) is 0 Å². The molecule has 0 bridgehead atoms. The molecule has 1 fully saturated rings. The molecule has 8 heteroatoms. The van der Waals surface area contributed by atoms with E-state index in [9.17, 15) is 0 Å². The lowest BCUT2D eigenvalue weighted by Crippen LogP contribution is -2.44. The Morgan fingerprint density at radius 1 is 1.11 bits per heavy atom. The van der Waals surface area contributed by atoms with Crippen LogP contribution in [0.3, 0.4) is 0 Å². The normalized spacial score (nSPS) is 16.0. The number of aromatic nitrogens is 5. The molecule has 1 aliphatic rings. The molecular formula is C19H32N8. The number of nitrogens with zero attached hydrogens (tertiary/aromatic N) is 6. The van der Waals surface area contributed by atoms with Crippen molar-refractivity contribution in [2.45, 2.75) is 72.0 Å². The standard InChI is InChI=1S/C19H32N8/c1-13-17(14(2)27(5)25-13)11-20-19(22-16-9-7-6-8-10-16)21-12-18-24-23-15(3)26(18)4/h16H,6-12H2,1-5H3,(H2,20,21,22). The highest BCUT2D eigenvalue weighted by atomic mass is 15.3. The third-order valence-corrected chi connectivity index (χ3v) is 5.60. The quantitative estimate of drug-likeness (QED) is 0.620. The van der Waals surface area contributed by atoms with Crippen LogP contribution in [-0.4, -0.2) is 36.5 Å². The molecule has 2 aromatic rings. The average Bonchev–Trinajstić information content (AvgIpc) is 3.10. The van der Waals surface area contributed by atoms with Gasteiger partial charge in [-0.05, 0) is 33.6 Å². The van der Waals surface area contributed by atoms with Gasteiger partial charge in [0.2, 0.25) is 0 Å². The van der Waals surface area contributed by atoms with E-state index in [1.807, 2.05) is 37.2 Å². The maximum atomic E-state index is 4.86. The second-order valence-electron chi connectivity index (χ2n) is 7.49. The number of hydrogen-bond donors (Lipinski definition) is 2. The summed E-state index contributed by atoms with van der Waals surface area (Å²) in [4.78, 5) is 4.86. The van der Waals surface area contributed by atoms with E-state index < -0.39 is 0 Å². The molecule has 0 radical (unpaired) electrons. The Labute approximate surface area is 161 Å². The van der Waals surface area contributed by atoms with E-state index in [-0.39, 0.29) is 0 Å². The zero-order chi connectivity index (χ0) is 19.4. The van der Waals surface area contributed by atoms with Gasteiger partial charge in [0.05, 0.1) is 18.8 Å². The highest BCUT2D eigenvalue weighted by Crippen LogP contribution is 2.17. The first-order valence-corrected chi connectivity index (χ1v) is 9.84. The van der Waals surface area contributed by atoms with Crippen molar-refractivity contribution in [2.24, 2.45) is 19.1 Å². The zero-order valence-electron chi connectivity index (χ0n) is 17.2. The first-order chi connectivity index (χ1) is 13.0. The van der Waals surface area contributed by atoms with Crippen LogP contribution < -0.4 is 10.6 Å². The van der Waals surface area contributed by atoms with Crippen LogP contribution >= 0.6 is 0 Å². The highest BCUT2D eigenvalue weighted by Gasteiger charge is 2.16. The molecular weight excluding hydrogens is 340 g/mol. The van der Waals surface area contributed by atoms with E-state index in [1.54, 1.807) is 0 Å². The van der Waals surface area contributed by atoms with Gasteiger partial charge in [-0.15, -0.1) is 10.2 Å². The summed E-state index contributed by atoms with van der Waals surface area (Å²) in [5.41, 5.74) is 3.40. The summed E-state index contributed by atoms with van der Waals surface area (Å²) in [6, 6.07) is 0.488. The fourth-order valence-corrected chi connectivity index (χ4v) is 3.56. The number of rotatable bonds is 5. The predicted octanol–water partition coefficient (Wildman–Crippen LogP) is 2.04. The van der Waals surface area contributed by atoms with Crippen molar-refractivity contribution in [1.29, 1.82) is 0 Å². The molecule has 0 atom stereocenters.